The lowest BCUT2D eigenvalue weighted by atomic mass is 10.1. The predicted molar refractivity (Wildman–Crippen MR) is 94.9 cm³/mol. The van der Waals surface area contributed by atoms with Gasteiger partial charge in [-0.15, -0.1) is 0 Å². The lowest BCUT2D eigenvalue weighted by Gasteiger charge is -2.02. The minimum Gasteiger partial charge on any atom is -0.366 e. The largest absolute Gasteiger partial charge is 0.366 e. The zero-order chi connectivity index (χ0) is 16.8. The van der Waals surface area contributed by atoms with Crippen LogP contribution in [0.15, 0.2) is 18.7 Å². The van der Waals surface area contributed by atoms with Crippen LogP contribution in [0.1, 0.15) is 84.0 Å². The highest BCUT2D eigenvalue weighted by molar-refractivity contribution is 5.72. The molecule has 23 heavy (non-hydrogen) atoms. The van der Waals surface area contributed by atoms with Gasteiger partial charge in [0, 0.05) is 0 Å². The first-order valence-electron chi connectivity index (χ1n) is 9.55. The van der Waals surface area contributed by atoms with Gasteiger partial charge in [0.2, 0.25) is 6.33 Å². The Morgan fingerprint density at radius 2 is 1.43 bits per heavy atom. The van der Waals surface area contributed by atoms with Crippen LogP contribution in [-0.4, -0.2) is 10.5 Å². The van der Waals surface area contributed by atoms with Gasteiger partial charge in [0.15, 0.2) is 6.54 Å². The van der Waals surface area contributed by atoms with Gasteiger partial charge in [-0.1, -0.05) is 71.1 Å². The Kier molecular flexibility index (Phi) is 11.3. The molecule has 0 unspecified atom stereocenters. The van der Waals surface area contributed by atoms with E-state index in [1.54, 1.807) is 0 Å². The highest BCUT2D eigenvalue weighted by Crippen LogP contribution is 2.12. The Hall–Kier alpha value is -1.32. The fourth-order valence-electron chi connectivity index (χ4n) is 2.98. The van der Waals surface area contributed by atoms with Gasteiger partial charge in [-0.05, 0) is 12.8 Å². The minimum atomic E-state index is -0.293. The number of primary amides is 1. The van der Waals surface area contributed by atoms with Gasteiger partial charge in [0.1, 0.15) is 12.4 Å². The number of carbonyl (C=O) groups excluding carboxylic acids is 1. The predicted octanol–water partition coefficient (Wildman–Crippen LogP) is 3.96. The average molecular weight is 323 g/mol. The van der Waals surface area contributed by atoms with E-state index in [0.29, 0.717) is 0 Å². The van der Waals surface area contributed by atoms with E-state index < -0.39 is 0 Å². The number of imidazole rings is 1. The second-order valence-electron chi connectivity index (χ2n) is 6.68. The molecule has 1 aromatic rings. The minimum absolute atomic E-state index is 0.269. The molecular formula is C19H36N3O+. The number of hydrogen-bond acceptors (Lipinski definition) is 1. The average Bonchev–Trinajstić information content (AvgIpc) is 2.95. The van der Waals surface area contributed by atoms with Crippen LogP contribution in [0.2, 0.25) is 0 Å². The molecule has 0 saturated carbocycles. The van der Waals surface area contributed by atoms with Crippen molar-refractivity contribution in [3.8, 4) is 0 Å². The molecule has 1 rings (SSSR count). The van der Waals surface area contributed by atoms with Crippen LogP contribution < -0.4 is 10.3 Å². The maximum Gasteiger partial charge on any atom is 0.259 e. The Labute approximate surface area is 142 Å². The summed E-state index contributed by atoms with van der Waals surface area (Å²) in [4.78, 5) is 10.8. The Bertz CT molecular complexity index is 415. The van der Waals surface area contributed by atoms with E-state index in [-0.39, 0.29) is 12.5 Å². The molecule has 0 aliphatic rings. The van der Waals surface area contributed by atoms with E-state index in [4.69, 9.17) is 5.73 Å². The first-order chi connectivity index (χ1) is 11.2. The van der Waals surface area contributed by atoms with Gasteiger partial charge in [0.05, 0.1) is 6.54 Å². The molecule has 1 heterocycles. The Morgan fingerprint density at radius 1 is 0.913 bits per heavy atom. The summed E-state index contributed by atoms with van der Waals surface area (Å²) in [6, 6.07) is 0. The molecule has 0 bridgehead atoms. The number of rotatable bonds is 15. The third-order valence-corrected chi connectivity index (χ3v) is 4.35. The van der Waals surface area contributed by atoms with Crippen molar-refractivity contribution < 1.29 is 9.36 Å². The van der Waals surface area contributed by atoms with Gasteiger partial charge in [-0.3, -0.25) is 4.79 Å². The molecular weight excluding hydrogens is 286 g/mol. The van der Waals surface area contributed by atoms with Crippen molar-refractivity contribution in [3.05, 3.63) is 18.7 Å². The molecule has 4 nitrogen and oxygen atoms in total. The van der Waals surface area contributed by atoms with Crippen molar-refractivity contribution >= 4 is 5.91 Å². The number of nitrogens with two attached hydrogens (primary N) is 1. The smallest absolute Gasteiger partial charge is 0.259 e. The third-order valence-electron chi connectivity index (χ3n) is 4.35. The first-order valence-corrected chi connectivity index (χ1v) is 9.55. The van der Waals surface area contributed by atoms with Crippen molar-refractivity contribution in [2.75, 3.05) is 0 Å². The quantitative estimate of drug-likeness (QED) is 0.385. The summed E-state index contributed by atoms with van der Waals surface area (Å²) < 4.78 is 3.97. The van der Waals surface area contributed by atoms with Gasteiger partial charge in [0.25, 0.3) is 5.91 Å². The number of hydrogen-bond donors (Lipinski definition) is 1. The first kappa shape index (κ1) is 19.7. The van der Waals surface area contributed by atoms with E-state index >= 15 is 0 Å². The van der Waals surface area contributed by atoms with Crippen molar-refractivity contribution in [1.29, 1.82) is 0 Å². The molecule has 0 fully saturated rings. The highest BCUT2D eigenvalue weighted by Gasteiger charge is 2.05. The number of amides is 1. The fraction of sp³-hybridized carbons (Fsp3) is 0.789. The Balaban J connectivity index is 1.88. The molecule has 0 aliphatic carbocycles. The second kappa shape index (κ2) is 13.1. The molecule has 4 heteroatoms. The second-order valence-corrected chi connectivity index (χ2v) is 6.68. The summed E-state index contributed by atoms with van der Waals surface area (Å²) in [5.41, 5.74) is 5.18. The van der Waals surface area contributed by atoms with Crippen LogP contribution >= 0.6 is 0 Å². The SMILES string of the molecule is CCCCCCCCCCCCCCn1cc[n+](CC(N)=O)c1. The summed E-state index contributed by atoms with van der Waals surface area (Å²) in [6.07, 6.45) is 22.4. The molecule has 0 radical (unpaired) electrons. The van der Waals surface area contributed by atoms with Crippen LogP contribution in [0, 0.1) is 0 Å². The van der Waals surface area contributed by atoms with Crippen molar-refractivity contribution in [3.63, 3.8) is 0 Å². The zero-order valence-corrected chi connectivity index (χ0v) is 15.0. The van der Waals surface area contributed by atoms with Crippen LogP contribution in [0.3, 0.4) is 0 Å². The number of aryl methyl sites for hydroxylation is 1. The summed E-state index contributed by atoms with van der Waals surface area (Å²) >= 11 is 0. The van der Waals surface area contributed by atoms with Crippen LogP contribution in [0.4, 0.5) is 0 Å². The lowest BCUT2D eigenvalue weighted by molar-refractivity contribution is -0.683. The van der Waals surface area contributed by atoms with E-state index in [1.165, 1.54) is 77.0 Å². The van der Waals surface area contributed by atoms with Crippen molar-refractivity contribution in [1.82, 2.24) is 4.57 Å². The summed E-state index contributed by atoms with van der Waals surface area (Å²) in [5.74, 6) is -0.293. The van der Waals surface area contributed by atoms with Gasteiger partial charge in [-0.25, -0.2) is 9.13 Å². The maximum atomic E-state index is 10.8. The number of nitrogens with zero attached hydrogens (tertiary/aromatic N) is 2. The van der Waals surface area contributed by atoms with E-state index in [9.17, 15) is 4.79 Å². The van der Waals surface area contributed by atoms with E-state index in [1.807, 2.05) is 23.3 Å². The lowest BCUT2D eigenvalue weighted by Crippen LogP contribution is -2.38. The molecule has 0 aromatic carbocycles. The zero-order valence-electron chi connectivity index (χ0n) is 15.0. The molecule has 0 atom stereocenters. The molecule has 1 aromatic heterocycles. The molecule has 132 valence electrons. The van der Waals surface area contributed by atoms with Crippen molar-refractivity contribution in [2.24, 2.45) is 5.73 Å². The van der Waals surface area contributed by atoms with Crippen LogP contribution in [0.5, 0.6) is 0 Å². The molecule has 2 N–H and O–H groups in total. The van der Waals surface area contributed by atoms with E-state index in [0.717, 1.165) is 6.54 Å². The summed E-state index contributed by atoms with van der Waals surface area (Å²) in [5, 5.41) is 0. The molecule has 0 aliphatic heterocycles. The number of carbonyl (C=O) groups is 1. The third kappa shape index (κ3) is 10.9. The van der Waals surface area contributed by atoms with Crippen LogP contribution in [-0.2, 0) is 17.9 Å². The number of unbranched alkanes of at least 4 members (excludes halogenated alkanes) is 11. The van der Waals surface area contributed by atoms with Gasteiger partial charge < -0.3 is 5.73 Å². The monoisotopic (exact) mass is 322 g/mol. The van der Waals surface area contributed by atoms with Gasteiger partial charge in [-0.2, -0.15) is 0 Å². The van der Waals surface area contributed by atoms with Crippen LogP contribution in [0.25, 0.3) is 0 Å². The fourth-order valence-corrected chi connectivity index (χ4v) is 2.98. The molecule has 0 spiro atoms. The van der Waals surface area contributed by atoms with E-state index in [2.05, 4.69) is 11.5 Å². The highest BCUT2D eigenvalue weighted by atomic mass is 16.1. The molecule has 0 saturated heterocycles. The maximum absolute atomic E-state index is 10.8. The summed E-state index contributed by atoms with van der Waals surface area (Å²) in [6.45, 7) is 3.57. The van der Waals surface area contributed by atoms with Crippen molar-refractivity contribution in [2.45, 2.75) is 97.1 Å². The topological polar surface area (TPSA) is 51.9 Å². The summed E-state index contributed by atoms with van der Waals surface area (Å²) in [7, 11) is 0. The Morgan fingerprint density at radius 3 is 1.96 bits per heavy atom. The normalized spacial score (nSPS) is 11.0. The molecule has 1 amide bonds. The van der Waals surface area contributed by atoms with Gasteiger partial charge >= 0.3 is 0 Å². The number of aromatic nitrogens is 2. The standard InChI is InChI=1S/C19H35N3O/c1-2-3-4-5-6-7-8-9-10-11-12-13-14-21-15-16-22(18-21)17-19(20)23/h15-16,18H,2-14,17H2,1H3,(H-,20,23)/p+1.